The van der Waals surface area contributed by atoms with Crippen LogP contribution in [0.1, 0.15) is 32.2 Å². The van der Waals surface area contributed by atoms with Crippen LogP contribution in [0.3, 0.4) is 0 Å². The fourth-order valence-electron chi connectivity index (χ4n) is 1.99. The maximum absolute atomic E-state index is 8.91. The Morgan fingerprint density at radius 3 is 2.86 bits per heavy atom. The van der Waals surface area contributed by atoms with Gasteiger partial charge in [0.25, 0.3) is 0 Å². The molecular formula is C15H20N4O2. The summed E-state index contributed by atoms with van der Waals surface area (Å²) < 4.78 is 7.66. The van der Waals surface area contributed by atoms with E-state index in [9.17, 15) is 0 Å². The summed E-state index contributed by atoms with van der Waals surface area (Å²) in [6.07, 6.45) is 1.54. The SMILES string of the molecule is CC(=NO)c1ccccc1OCc1ncnn1CC(C)C. The number of hydrogen-bond acceptors (Lipinski definition) is 5. The molecule has 1 N–H and O–H groups in total. The number of aromatic nitrogens is 3. The van der Waals surface area contributed by atoms with E-state index >= 15 is 0 Å². The predicted molar refractivity (Wildman–Crippen MR) is 79.6 cm³/mol. The van der Waals surface area contributed by atoms with Crippen LogP contribution in [0.25, 0.3) is 0 Å². The van der Waals surface area contributed by atoms with Gasteiger partial charge in [0, 0.05) is 12.1 Å². The molecule has 21 heavy (non-hydrogen) atoms. The van der Waals surface area contributed by atoms with Crippen LogP contribution in [0, 0.1) is 5.92 Å². The average Bonchev–Trinajstić information content (AvgIpc) is 2.91. The van der Waals surface area contributed by atoms with Crippen molar-refractivity contribution in [3.05, 3.63) is 42.0 Å². The van der Waals surface area contributed by atoms with Crippen molar-refractivity contribution in [3.63, 3.8) is 0 Å². The first-order valence-corrected chi connectivity index (χ1v) is 6.89. The standard InChI is InChI=1S/C15H20N4O2/c1-11(2)8-19-15(16-10-17-19)9-21-14-7-5-4-6-13(14)12(3)18-20/h4-7,10-11,20H,8-9H2,1-3H3. The van der Waals surface area contributed by atoms with Crippen molar-refractivity contribution >= 4 is 5.71 Å². The van der Waals surface area contributed by atoms with E-state index < -0.39 is 0 Å². The fourth-order valence-corrected chi connectivity index (χ4v) is 1.99. The largest absolute Gasteiger partial charge is 0.485 e. The Morgan fingerprint density at radius 2 is 2.14 bits per heavy atom. The molecule has 0 aliphatic heterocycles. The maximum atomic E-state index is 8.91. The lowest BCUT2D eigenvalue weighted by Crippen LogP contribution is -2.13. The average molecular weight is 288 g/mol. The molecule has 0 spiro atoms. The summed E-state index contributed by atoms with van der Waals surface area (Å²) in [7, 11) is 0. The van der Waals surface area contributed by atoms with Crippen LogP contribution in [0.5, 0.6) is 5.75 Å². The van der Waals surface area contributed by atoms with E-state index in [4.69, 9.17) is 9.94 Å². The predicted octanol–water partition coefficient (Wildman–Crippen LogP) is 2.71. The van der Waals surface area contributed by atoms with Crippen LogP contribution in [0.4, 0.5) is 0 Å². The van der Waals surface area contributed by atoms with Gasteiger partial charge < -0.3 is 9.94 Å². The molecule has 1 heterocycles. The van der Waals surface area contributed by atoms with Gasteiger partial charge >= 0.3 is 0 Å². The van der Waals surface area contributed by atoms with E-state index in [1.807, 2.05) is 28.9 Å². The highest BCUT2D eigenvalue weighted by Crippen LogP contribution is 2.20. The molecule has 0 radical (unpaired) electrons. The Kier molecular flexibility index (Phi) is 4.92. The number of nitrogens with zero attached hydrogens (tertiary/aromatic N) is 4. The third-order valence-electron chi connectivity index (χ3n) is 3.02. The van der Waals surface area contributed by atoms with Gasteiger partial charge in [-0.3, -0.25) is 0 Å². The fraction of sp³-hybridized carbons (Fsp3) is 0.400. The van der Waals surface area contributed by atoms with Crippen molar-refractivity contribution in [2.45, 2.75) is 33.9 Å². The lowest BCUT2D eigenvalue weighted by Gasteiger charge is -2.12. The van der Waals surface area contributed by atoms with Gasteiger partial charge in [-0.1, -0.05) is 31.1 Å². The van der Waals surface area contributed by atoms with E-state index in [0.29, 0.717) is 24.0 Å². The van der Waals surface area contributed by atoms with E-state index in [2.05, 4.69) is 29.1 Å². The molecule has 6 heteroatoms. The minimum atomic E-state index is 0.322. The monoisotopic (exact) mass is 288 g/mol. The molecule has 2 aromatic rings. The summed E-state index contributed by atoms with van der Waals surface area (Å²) in [6.45, 7) is 7.11. The summed E-state index contributed by atoms with van der Waals surface area (Å²) in [6, 6.07) is 7.44. The third kappa shape index (κ3) is 3.81. The Labute approximate surface area is 124 Å². The van der Waals surface area contributed by atoms with Gasteiger partial charge in [0.05, 0.1) is 5.71 Å². The summed E-state index contributed by atoms with van der Waals surface area (Å²) in [4.78, 5) is 4.23. The third-order valence-corrected chi connectivity index (χ3v) is 3.02. The second-order valence-electron chi connectivity index (χ2n) is 5.22. The number of para-hydroxylation sites is 1. The Morgan fingerprint density at radius 1 is 1.38 bits per heavy atom. The highest BCUT2D eigenvalue weighted by atomic mass is 16.5. The summed E-state index contributed by atoms with van der Waals surface area (Å²) in [5.74, 6) is 1.92. The maximum Gasteiger partial charge on any atom is 0.164 e. The lowest BCUT2D eigenvalue weighted by atomic mass is 10.1. The Hall–Kier alpha value is -2.37. The molecule has 0 saturated carbocycles. The molecular weight excluding hydrogens is 268 g/mol. The Bertz CT molecular complexity index is 620. The molecule has 112 valence electrons. The minimum Gasteiger partial charge on any atom is -0.485 e. The first kappa shape index (κ1) is 15.0. The summed E-state index contributed by atoms with van der Waals surface area (Å²) >= 11 is 0. The van der Waals surface area contributed by atoms with Crippen molar-refractivity contribution in [3.8, 4) is 5.75 Å². The van der Waals surface area contributed by atoms with Gasteiger partial charge in [0.15, 0.2) is 5.82 Å². The van der Waals surface area contributed by atoms with E-state index in [0.717, 1.165) is 17.9 Å². The van der Waals surface area contributed by atoms with Crippen molar-refractivity contribution in [2.24, 2.45) is 11.1 Å². The molecule has 0 bridgehead atoms. The van der Waals surface area contributed by atoms with Gasteiger partial charge in [-0.05, 0) is 25.0 Å². The lowest BCUT2D eigenvalue weighted by molar-refractivity contribution is 0.281. The second-order valence-corrected chi connectivity index (χ2v) is 5.22. The molecule has 6 nitrogen and oxygen atoms in total. The first-order valence-electron chi connectivity index (χ1n) is 6.89. The smallest absolute Gasteiger partial charge is 0.164 e. The van der Waals surface area contributed by atoms with Gasteiger partial charge in [-0.2, -0.15) is 5.10 Å². The quantitative estimate of drug-likeness (QED) is 0.504. The van der Waals surface area contributed by atoms with Gasteiger partial charge in [0.1, 0.15) is 18.7 Å². The van der Waals surface area contributed by atoms with Crippen LogP contribution in [-0.4, -0.2) is 25.7 Å². The molecule has 0 fully saturated rings. The molecule has 2 rings (SSSR count). The number of oxime groups is 1. The minimum absolute atomic E-state index is 0.322. The number of hydrogen-bond donors (Lipinski definition) is 1. The van der Waals surface area contributed by atoms with Crippen LogP contribution in [0.2, 0.25) is 0 Å². The van der Waals surface area contributed by atoms with E-state index in [1.54, 1.807) is 6.92 Å². The molecule has 0 amide bonds. The molecule has 0 aliphatic carbocycles. The van der Waals surface area contributed by atoms with Gasteiger partial charge in [-0.15, -0.1) is 0 Å². The number of rotatable bonds is 6. The second kappa shape index (κ2) is 6.88. The molecule has 0 aliphatic rings. The van der Waals surface area contributed by atoms with Crippen molar-refractivity contribution < 1.29 is 9.94 Å². The normalized spacial score (nSPS) is 11.9. The Balaban J connectivity index is 2.12. The van der Waals surface area contributed by atoms with E-state index in [1.165, 1.54) is 6.33 Å². The number of ether oxygens (including phenoxy) is 1. The van der Waals surface area contributed by atoms with Crippen LogP contribution in [0.15, 0.2) is 35.7 Å². The molecule has 0 saturated heterocycles. The summed E-state index contributed by atoms with van der Waals surface area (Å²) in [5.41, 5.74) is 1.27. The molecule has 1 aromatic heterocycles. The van der Waals surface area contributed by atoms with Gasteiger partial charge in [0.2, 0.25) is 0 Å². The molecule has 0 unspecified atom stereocenters. The zero-order valence-corrected chi connectivity index (χ0v) is 12.5. The van der Waals surface area contributed by atoms with Gasteiger partial charge in [-0.25, -0.2) is 9.67 Å². The highest BCUT2D eigenvalue weighted by molar-refractivity contribution is 6.00. The van der Waals surface area contributed by atoms with Crippen LogP contribution >= 0.6 is 0 Å². The van der Waals surface area contributed by atoms with Crippen molar-refractivity contribution in [1.29, 1.82) is 0 Å². The van der Waals surface area contributed by atoms with E-state index in [-0.39, 0.29) is 0 Å². The summed E-state index contributed by atoms with van der Waals surface area (Å²) in [5, 5.41) is 16.3. The topological polar surface area (TPSA) is 72.5 Å². The molecule has 0 atom stereocenters. The highest BCUT2D eigenvalue weighted by Gasteiger charge is 2.10. The number of benzene rings is 1. The van der Waals surface area contributed by atoms with Crippen molar-refractivity contribution in [1.82, 2.24) is 14.8 Å². The molecule has 1 aromatic carbocycles. The van der Waals surface area contributed by atoms with Crippen molar-refractivity contribution in [2.75, 3.05) is 0 Å². The zero-order chi connectivity index (χ0) is 15.2. The van der Waals surface area contributed by atoms with Crippen LogP contribution < -0.4 is 4.74 Å². The first-order chi connectivity index (χ1) is 10.1. The van der Waals surface area contributed by atoms with Crippen LogP contribution in [-0.2, 0) is 13.2 Å². The zero-order valence-electron chi connectivity index (χ0n) is 12.5.